The lowest BCUT2D eigenvalue weighted by molar-refractivity contribution is -0.117. The van der Waals surface area contributed by atoms with Crippen molar-refractivity contribution >= 4 is 11.6 Å². The van der Waals surface area contributed by atoms with E-state index in [1.807, 2.05) is 31.2 Å². The van der Waals surface area contributed by atoms with E-state index in [4.69, 9.17) is 4.52 Å². The second-order valence-corrected chi connectivity index (χ2v) is 6.21. The molecule has 0 unspecified atom stereocenters. The zero-order chi connectivity index (χ0) is 17.4. The van der Waals surface area contributed by atoms with Crippen LogP contribution in [0.5, 0.6) is 0 Å². The number of aryl methyl sites for hydroxylation is 1. The molecular formula is C19H16FN3O2. The van der Waals surface area contributed by atoms with Crippen molar-refractivity contribution < 1.29 is 13.7 Å². The minimum atomic E-state index is -0.326. The number of hydrogen-bond acceptors (Lipinski definition) is 4. The van der Waals surface area contributed by atoms with Crippen molar-refractivity contribution in [3.05, 3.63) is 65.7 Å². The average Bonchev–Trinajstić information content (AvgIpc) is 3.23. The van der Waals surface area contributed by atoms with Gasteiger partial charge in [0.15, 0.2) is 5.82 Å². The molecule has 4 rings (SSSR count). The summed E-state index contributed by atoms with van der Waals surface area (Å²) in [7, 11) is 0. The molecule has 5 nitrogen and oxygen atoms in total. The second kappa shape index (κ2) is 6.12. The molecule has 1 aliphatic rings. The summed E-state index contributed by atoms with van der Waals surface area (Å²) in [5, 5.41) is 4.05. The lowest BCUT2D eigenvalue weighted by Gasteiger charge is -2.15. The predicted octanol–water partition coefficient (Wildman–Crippen LogP) is 3.70. The monoisotopic (exact) mass is 337 g/mol. The fourth-order valence-corrected chi connectivity index (χ4v) is 2.97. The standard InChI is InChI=1S/C19H16FN3O2/c1-12-2-4-13(5-3-12)19-21-18(22-25-19)14-10-17(24)23(11-14)16-8-6-15(20)7-9-16/h2-9,14H,10-11H2,1H3/t14-/m0/s1. The Morgan fingerprint density at radius 2 is 1.84 bits per heavy atom. The fourth-order valence-electron chi connectivity index (χ4n) is 2.97. The van der Waals surface area contributed by atoms with Crippen molar-refractivity contribution in [3.8, 4) is 11.5 Å². The molecule has 6 heteroatoms. The van der Waals surface area contributed by atoms with Crippen LogP contribution in [0.25, 0.3) is 11.5 Å². The first-order valence-electron chi connectivity index (χ1n) is 8.07. The maximum absolute atomic E-state index is 13.1. The third kappa shape index (κ3) is 3.03. The van der Waals surface area contributed by atoms with Crippen LogP contribution in [0.2, 0.25) is 0 Å². The Balaban J connectivity index is 1.54. The van der Waals surface area contributed by atoms with Crippen molar-refractivity contribution in [1.82, 2.24) is 10.1 Å². The molecule has 0 radical (unpaired) electrons. The number of halogens is 1. The number of hydrogen-bond donors (Lipinski definition) is 0. The minimum Gasteiger partial charge on any atom is -0.334 e. The molecule has 0 saturated carbocycles. The molecule has 1 saturated heterocycles. The van der Waals surface area contributed by atoms with Gasteiger partial charge in [0.05, 0.1) is 0 Å². The third-order valence-corrected chi connectivity index (χ3v) is 4.37. The van der Waals surface area contributed by atoms with Crippen LogP contribution >= 0.6 is 0 Å². The summed E-state index contributed by atoms with van der Waals surface area (Å²) >= 11 is 0. The second-order valence-electron chi connectivity index (χ2n) is 6.21. The maximum atomic E-state index is 13.1. The van der Waals surface area contributed by atoms with E-state index in [0.717, 1.165) is 11.1 Å². The van der Waals surface area contributed by atoms with E-state index in [-0.39, 0.29) is 17.6 Å². The number of amides is 1. The summed E-state index contributed by atoms with van der Waals surface area (Å²) in [5.74, 6) is 0.475. The molecule has 2 aromatic carbocycles. The van der Waals surface area contributed by atoms with Gasteiger partial charge in [0.25, 0.3) is 5.89 Å². The van der Waals surface area contributed by atoms with E-state index in [1.54, 1.807) is 17.0 Å². The molecule has 0 aliphatic carbocycles. The molecule has 126 valence electrons. The topological polar surface area (TPSA) is 59.2 Å². The molecule has 0 N–H and O–H groups in total. The summed E-state index contributed by atoms with van der Waals surface area (Å²) in [6, 6.07) is 13.7. The molecule has 1 aromatic heterocycles. The average molecular weight is 337 g/mol. The van der Waals surface area contributed by atoms with Crippen LogP contribution in [-0.4, -0.2) is 22.6 Å². The molecule has 1 atom stereocenters. The summed E-state index contributed by atoms with van der Waals surface area (Å²) in [6.45, 7) is 2.47. The minimum absolute atomic E-state index is 0.0294. The van der Waals surface area contributed by atoms with Gasteiger partial charge in [0, 0.05) is 30.1 Å². The molecular weight excluding hydrogens is 321 g/mol. The fraction of sp³-hybridized carbons (Fsp3) is 0.211. The number of carbonyl (C=O) groups is 1. The smallest absolute Gasteiger partial charge is 0.257 e. The Bertz CT molecular complexity index is 903. The highest BCUT2D eigenvalue weighted by atomic mass is 19.1. The van der Waals surface area contributed by atoms with Crippen molar-refractivity contribution in [3.63, 3.8) is 0 Å². The van der Waals surface area contributed by atoms with Crippen molar-refractivity contribution in [2.24, 2.45) is 0 Å². The summed E-state index contributed by atoms with van der Waals surface area (Å²) < 4.78 is 18.4. The first-order chi connectivity index (χ1) is 12.1. The maximum Gasteiger partial charge on any atom is 0.257 e. The van der Waals surface area contributed by atoms with Gasteiger partial charge in [-0.1, -0.05) is 22.9 Å². The van der Waals surface area contributed by atoms with E-state index >= 15 is 0 Å². The highest BCUT2D eigenvalue weighted by molar-refractivity contribution is 5.96. The van der Waals surface area contributed by atoms with E-state index in [0.29, 0.717) is 30.4 Å². The summed E-state index contributed by atoms with van der Waals surface area (Å²) in [5.41, 5.74) is 2.68. The quantitative estimate of drug-likeness (QED) is 0.731. The van der Waals surface area contributed by atoms with Gasteiger partial charge in [-0.2, -0.15) is 4.98 Å². The van der Waals surface area contributed by atoms with Crippen LogP contribution in [0.1, 0.15) is 23.7 Å². The Hall–Kier alpha value is -3.02. The van der Waals surface area contributed by atoms with Gasteiger partial charge in [-0.3, -0.25) is 4.79 Å². The van der Waals surface area contributed by atoms with E-state index in [9.17, 15) is 9.18 Å². The molecule has 0 bridgehead atoms. The van der Waals surface area contributed by atoms with Crippen molar-refractivity contribution in [1.29, 1.82) is 0 Å². The first kappa shape index (κ1) is 15.5. The Morgan fingerprint density at radius 1 is 1.12 bits per heavy atom. The molecule has 1 aliphatic heterocycles. The van der Waals surface area contributed by atoms with Gasteiger partial charge in [-0.15, -0.1) is 0 Å². The first-order valence-corrected chi connectivity index (χ1v) is 8.07. The number of rotatable bonds is 3. The van der Waals surface area contributed by atoms with Gasteiger partial charge in [-0.05, 0) is 43.3 Å². The Kier molecular flexibility index (Phi) is 3.80. The zero-order valence-corrected chi connectivity index (χ0v) is 13.6. The molecule has 0 spiro atoms. The molecule has 1 fully saturated rings. The number of aromatic nitrogens is 2. The predicted molar refractivity (Wildman–Crippen MR) is 90.6 cm³/mol. The van der Waals surface area contributed by atoms with Crippen LogP contribution in [0.3, 0.4) is 0 Å². The van der Waals surface area contributed by atoms with Gasteiger partial charge in [0.2, 0.25) is 5.91 Å². The largest absolute Gasteiger partial charge is 0.334 e. The normalized spacial score (nSPS) is 17.3. The highest BCUT2D eigenvalue weighted by Gasteiger charge is 2.34. The van der Waals surface area contributed by atoms with Gasteiger partial charge >= 0.3 is 0 Å². The van der Waals surface area contributed by atoms with Crippen LogP contribution in [0.4, 0.5) is 10.1 Å². The zero-order valence-electron chi connectivity index (χ0n) is 13.6. The molecule has 1 amide bonds. The number of anilines is 1. The van der Waals surface area contributed by atoms with Crippen molar-refractivity contribution in [2.45, 2.75) is 19.3 Å². The summed E-state index contributed by atoms with van der Waals surface area (Å²) in [4.78, 5) is 18.4. The van der Waals surface area contributed by atoms with E-state index in [1.165, 1.54) is 12.1 Å². The lowest BCUT2D eigenvalue weighted by atomic mass is 10.1. The Labute approximate surface area is 144 Å². The molecule has 25 heavy (non-hydrogen) atoms. The molecule has 3 aromatic rings. The number of carbonyl (C=O) groups excluding carboxylic acids is 1. The molecule has 2 heterocycles. The van der Waals surface area contributed by atoms with Gasteiger partial charge < -0.3 is 9.42 Å². The van der Waals surface area contributed by atoms with Crippen LogP contribution in [-0.2, 0) is 4.79 Å². The van der Waals surface area contributed by atoms with Gasteiger partial charge in [-0.25, -0.2) is 4.39 Å². The van der Waals surface area contributed by atoms with Crippen LogP contribution in [0.15, 0.2) is 53.1 Å². The van der Waals surface area contributed by atoms with Crippen molar-refractivity contribution in [2.75, 3.05) is 11.4 Å². The lowest BCUT2D eigenvalue weighted by Crippen LogP contribution is -2.24. The van der Waals surface area contributed by atoms with Gasteiger partial charge in [0.1, 0.15) is 5.82 Å². The van der Waals surface area contributed by atoms with E-state index in [2.05, 4.69) is 10.1 Å². The third-order valence-electron chi connectivity index (χ3n) is 4.37. The van der Waals surface area contributed by atoms with E-state index < -0.39 is 0 Å². The van der Waals surface area contributed by atoms with Crippen LogP contribution in [0, 0.1) is 12.7 Å². The highest BCUT2D eigenvalue weighted by Crippen LogP contribution is 2.31. The summed E-state index contributed by atoms with van der Waals surface area (Å²) in [6.07, 6.45) is 0.310. The SMILES string of the molecule is Cc1ccc(-c2nc([C@H]3CC(=O)N(c4ccc(F)cc4)C3)no2)cc1. The Morgan fingerprint density at radius 3 is 2.56 bits per heavy atom. The number of benzene rings is 2. The van der Waals surface area contributed by atoms with Crippen LogP contribution < -0.4 is 4.90 Å². The number of nitrogens with zero attached hydrogens (tertiary/aromatic N) is 3.